The summed E-state index contributed by atoms with van der Waals surface area (Å²) in [5.74, 6) is 0.00452. The lowest BCUT2D eigenvalue weighted by atomic mass is 10.1. The van der Waals surface area contributed by atoms with E-state index in [4.69, 9.17) is 27.8 Å². The number of hydrogen-bond donors (Lipinski definition) is 3. The van der Waals surface area contributed by atoms with Crippen molar-refractivity contribution < 1.29 is 9.53 Å². The predicted octanol–water partition coefficient (Wildman–Crippen LogP) is 3.08. The standard InChI is InChI=1S/C15H16ClN3O2/c1-8-6-12(13(21-2)7-10(8)16)19-11-5-3-4-9(14(11)17)15(18)20/h3-7,19H,17H2,1-2H3,(H2,18,20). The molecule has 21 heavy (non-hydrogen) atoms. The zero-order valence-corrected chi connectivity index (χ0v) is 12.5. The number of nitrogen functional groups attached to an aromatic ring is 1. The Morgan fingerprint density at radius 1 is 1.29 bits per heavy atom. The fraction of sp³-hybridized carbons (Fsp3) is 0.133. The van der Waals surface area contributed by atoms with Crippen LogP contribution in [0.3, 0.4) is 0 Å². The largest absolute Gasteiger partial charge is 0.495 e. The highest BCUT2D eigenvalue weighted by molar-refractivity contribution is 6.31. The Labute approximate surface area is 127 Å². The zero-order valence-electron chi connectivity index (χ0n) is 11.7. The van der Waals surface area contributed by atoms with Crippen molar-refractivity contribution in [1.29, 1.82) is 0 Å². The molecule has 0 atom stereocenters. The maximum absolute atomic E-state index is 11.3. The molecule has 0 saturated carbocycles. The van der Waals surface area contributed by atoms with Crippen molar-refractivity contribution in [2.45, 2.75) is 6.92 Å². The molecule has 0 aliphatic rings. The van der Waals surface area contributed by atoms with Crippen LogP contribution in [0, 0.1) is 6.92 Å². The van der Waals surface area contributed by atoms with Gasteiger partial charge in [0, 0.05) is 11.1 Å². The van der Waals surface area contributed by atoms with E-state index in [2.05, 4.69) is 5.32 Å². The second-order valence-electron chi connectivity index (χ2n) is 4.56. The van der Waals surface area contributed by atoms with Crippen LogP contribution in [0.5, 0.6) is 5.75 Å². The van der Waals surface area contributed by atoms with Crippen molar-refractivity contribution in [3.05, 3.63) is 46.5 Å². The Kier molecular flexibility index (Phi) is 4.23. The number of anilines is 3. The average molecular weight is 306 g/mol. The van der Waals surface area contributed by atoms with Gasteiger partial charge in [-0.05, 0) is 30.7 Å². The Morgan fingerprint density at radius 2 is 2.00 bits per heavy atom. The normalized spacial score (nSPS) is 10.2. The van der Waals surface area contributed by atoms with Crippen molar-refractivity contribution in [3.63, 3.8) is 0 Å². The van der Waals surface area contributed by atoms with Gasteiger partial charge in [-0.1, -0.05) is 17.7 Å². The van der Waals surface area contributed by atoms with E-state index in [-0.39, 0.29) is 5.56 Å². The summed E-state index contributed by atoms with van der Waals surface area (Å²) >= 11 is 6.07. The maximum Gasteiger partial charge on any atom is 0.250 e. The fourth-order valence-corrected chi connectivity index (χ4v) is 2.12. The Bertz CT molecular complexity index is 702. The minimum atomic E-state index is -0.574. The van der Waals surface area contributed by atoms with Gasteiger partial charge in [0.25, 0.3) is 5.91 Å². The van der Waals surface area contributed by atoms with Gasteiger partial charge in [-0.25, -0.2) is 0 Å². The quantitative estimate of drug-likeness (QED) is 0.757. The van der Waals surface area contributed by atoms with Crippen LogP contribution in [0.25, 0.3) is 0 Å². The molecule has 0 saturated heterocycles. The lowest BCUT2D eigenvalue weighted by molar-refractivity contribution is 0.100. The second-order valence-corrected chi connectivity index (χ2v) is 4.96. The molecule has 0 fully saturated rings. The molecule has 6 heteroatoms. The van der Waals surface area contributed by atoms with Crippen molar-refractivity contribution in [2.24, 2.45) is 5.73 Å². The summed E-state index contributed by atoms with van der Waals surface area (Å²) in [6.07, 6.45) is 0. The van der Waals surface area contributed by atoms with Crippen LogP contribution in [0.4, 0.5) is 17.1 Å². The van der Waals surface area contributed by atoms with E-state index in [0.717, 1.165) is 5.56 Å². The Morgan fingerprint density at radius 3 is 2.62 bits per heavy atom. The van der Waals surface area contributed by atoms with Gasteiger partial charge >= 0.3 is 0 Å². The number of aryl methyl sites for hydroxylation is 1. The molecule has 1 amide bonds. The molecular weight excluding hydrogens is 290 g/mol. The highest BCUT2D eigenvalue weighted by Gasteiger charge is 2.12. The smallest absolute Gasteiger partial charge is 0.250 e. The van der Waals surface area contributed by atoms with Gasteiger partial charge in [-0.3, -0.25) is 4.79 Å². The van der Waals surface area contributed by atoms with Gasteiger partial charge in [-0.2, -0.15) is 0 Å². The Balaban J connectivity index is 2.46. The van der Waals surface area contributed by atoms with Crippen LogP contribution in [0.2, 0.25) is 5.02 Å². The van der Waals surface area contributed by atoms with Crippen molar-refractivity contribution in [1.82, 2.24) is 0 Å². The first-order valence-corrected chi connectivity index (χ1v) is 6.61. The minimum absolute atomic E-state index is 0.268. The molecule has 0 unspecified atom stereocenters. The van der Waals surface area contributed by atoms with Crippen LogP contribution >= 0.6 is 11.6 Å². The third kappa shape index (κ3) is 3.03. The predicted molar refractivity (Wildman–Crippen MR) is 85.4 cm³/mol. The number of para-hydroxylation sites is 1. The summed E-state index contributed by atoms with van der Waals surface area (Å²) in [5, 5.41) is 3.75. The third-order valence-electron chi connectivity index (χ3n) is 3.12. The van der Waals surface area contributed by atoms with Gasteiger partial charge in [-0.15, -0.1) is 0 Å². The van der Waals surface area contributed by atoms with E-state index in [9.17, 15) is 4.79 Å². The summed E-state index contributed by atoms with van der Waals surface area (Å²) in [5.41, 5.74) is 14.0. The number of primary amides is 1. The van der Waals surface area contributed by atoms with Gasteiger partial charge in [0.05, 0.1) is 29.7 Å². The topological polar surface area (TPSA) is 90.4 Å². The summed E-state index contributed by atoms with van der Waals surface area (Å²) in [4.78, 5) is 11.3. The number of amides is 1. The first-order chi connectivity index (χ1) is 9.93. The van der Waals surface area contributed by atoms with Crippen molar-refractivity contribution in [3.8, 4) is 5.75 Å². The number of nitrogens with one attached hydrogen (secondary N) is 1. The molecule has 5 nitrogen and oxygen atoms in total. The van der Waals surface area contributed by atoms with Crippen LogP contribution < -0.4 is 21.5 Å². The van der Waals surface area contributed by atoms with Gasteiger partial charge < -0.3 is 21.5 Å². The molecule has 0 heterocycles. The SMILES string of the molecule is COc1cc(Cl)c(C)cc1Nc1cccc(C(N)=O)c1N. The third-order valence-corrected chi connectivity index (χ3v) is 3.53. The molecule has 2 aromatic rings. The maximum atomic E-state index is 11.3. The van der Waals surface area contributed by atoms with Gasteiger partial charge in [0.1, 0.15) is 5.75 Å². The number of halogens is 1. The van der Waals surface area contributed by atoms with Crippen molar-refractivity contribution >= 4 is 34.6 Å². The molecule has 0 radical (unpaired) electrons. The van der Waals surface area contributed by atoms with Gasteiger partial charge in [0.15, 0.2) is 0 Å². The van der Waals surface area contributed by atoms with E-state index in [1.807, 2.05) is 13.0 Å². The molecule has 0 aliphatic carbocycles. The number of benzene rings is 2. The summed E-state index contributed by atoms with van der Waals surface area (Å²) in [6, 6.07) is 8.59. The summed E-state index contributed by atoms with van der Waals surface area (Å²) in [6.45, 7) is 1.89. The highest BCUT2D eigenvalue weighted by atomic mass is 35.5. The first kappa shape index (κ1) is 15.0. The molecule has 5 N–H and O–H groups in total. The monoisotopic (exact) mass is 305 g/mol. The number of ether oxygens (including phenoxy) is 1. The zero-order chi connectivity index (χ0) is 15.6. The van der Waals surface area contributed by atoms with E-state index in [1.54, 1.807) is 31.4 Å². The van der Waals surface area contributed by atoms with Crippen LogP contribution in [-0.4, -0.2) is 13.0 Å². The first-order valence-electron chi connectivity index (χ1n) is 6.23. The average Bonchev–Trinajstić information content (AvgIpc) is 2.44. The summed E-state index contributed by atoms with van der Waals surface area (Å²) < 4.78 is 5.29. The van der Waals surface area contributed by atoms with E-state index in [0.29, 0.717) is 27.8 Å². The van der Waals surface area contributed by atoms with Gasteiger partial charge in [0.2, 0.25) is 0 Å². The number of methoxy groups -OCH3 is 1. The highest BCUT2D eigenvalue weighted by Crippen LogP contribution is 2.35. The Hall–Kier alpha value is -2.40. The number of carbonyl (C=O) groups is 1. The van der Waals surface area contributed by atoms with E-state index < -0.39 is 5.91 Å². The number of rotatable bonds is 4. The summed E-state index contributed by atoms with van der Waals surface area (Å²) in [7, 11) is 1.55. The second kappa shape index (κ2) is 5.93. The molecule has 0 spiro atoms. The van der Waals surface area contributed by atoms with Crippen LogP contribution in [0.1, 0.15) is 15.9 Å². The van der Waals surface area contributed by atoms with Crippen molar-refractivity contribution in [2.75, 3.05) is 18.2 Å². The number of hydrogen-bond acceptors (Lipinski definition) is 4. The van der Waals surface area contributed by atoms with E-state index >= 15 is 0 Å². The van der Waals surface area contributed by atoms with Crippen LogP contribution in [-0.2, 0) is 0 Å². The lowest BCUT2D eigenvalue weighted by Crippen LogP contribution is -2.14. The molecule has 2 aromatic carbocycles. The lowest BCUT2D eigenvalue weighted by Gasteiger charge is -2.15. The molecule has 0 bridgehead atoms. The number of nitrogens with two attached hydrogens (primary N) is 2. The molecule has 0 aliphatic heterocycles. The minimum Gasteiger partial charge on any atom is -0.495 e. The molecule has 110 valence electrons. The molecule has 0 aromatic heterocycles. The molecular formula is C15H16ClN3O2. The van der Waals surface area contributed by atoms with Crippen LogP contribution in [0.15, 0.2) is 30.3 Å². The number of carbonyl (C=O) groups excluding carboxylic acids is 1. The molecule has 2 rings (SSSR count). The van der Waals surface area contributed by atoms with E-state index in [1.165, 1.54) is 0 Å². The fourth-order valence-electron chi connectivity index (χ4n) is 1.96.